The van der Waals surface area contributed by atoms with Crippen molar-refractivity contribution in [1.82, 2.24) is 5.06 Å². The normalized spacial score (nSPS) is 11.3. The third-order valence-corrected chi connectivity index (χ3v) is 3.24. The summed E-state index contributed by atoms with van der Waals surface area (Å²) in [6, 6.07) is 0. The summed E-state index contributed by atoms with van der Waals surface area (Å²) < 4.78 is 0. The highest BCUT2D eigenvalue weighted by Crippen LogP contribution is 2.08. The van der Waals surface area contributed by atoms with Gasteiger partial charge in [0.15, 0.2) is 0 Å². The van der Waals surface area contributed by atoms with Crippen LogP contribution in [0.2, 0.25) is 0 Å². The fourth-order valence-electron chi connectivity index (χ4n) is 2.01. The molecule has 0 heterocycles. The number of unbranched alkanes of at least 4 members (excludes halogenated alkanes) is 7. The molecule has 0 unspecified atom stereocenters. The van der Waals surface area contributed by atoms with Crippen LogP contribution in [0.4, 0.5) is 0 Å². The lowest BCUT2D eigenvalue weighted by Gasteiger charge is -2.19. The van der Waals surface area contributed by atoms with Gasteiger partial charge in [-0.1, -0.05) is 58.8 Å². The van der Waals surface area contributed by atoms with Gasteiger partial charge in [-0.25, -0.2) is 0 Å². The lowest BCUT2D eigenvalue weighted by Crippen LogP contribution is -2.26. The third-order valence-electron chi connectivity index (χ3n) is 3.24. The van der Waals surface area contributed by atoms with Crippen LogP contribution in [0.25, 0.3) is 0 Å². The SMILES string of the molecule is CCCCCCCCCCON(CC)CCCN. The van der Waals surface area contributed by atoms with Crippen molar-refractivity contribution >= 4 is 0 Å². The molecule has 0 rings (SSSR count). The molecule has 0 saturated heterocycles. The standard InChI is InChI=1S/C15H34N2O/c1-3-5-6-7-8-9-10-11-15-18-17(4-2)14-12-13-16/h3-16H2,1-2H3. The molecule has 0 aliphatic rings. The molecule has 0 bridgehead atoms. The summed E-state index contributed by atoms with van der Waals surface area (Å²) in [5, 5.41) is 2.04. The van der Waals surface area contributed by atoms with Crippen LogP contribution < -0.4 is 5.73 Å². The van der Waals surface area contributed by atoms with Crippen LogP contribution in [-0.2, 0) is 4.84 Å². The number of hydroxylamine groups is 2. The van der Waals surface area contributed by atoms with Crippen LogP contribution in [0.15, 0.2) is 0 Å². The van der Waals surface area contributed by atoms with Gasteiger partial charge < -0.3 is 5.73 Å². The van der Waals surface area contributed by atoms with E-state index in [9.17, 15) is 0 Å². The lowest BCUT2D eigenvalue weighted by molar-refractivity contribution is -0.157. The first kappa shape index (κ1) is 17.9. The van der Waals surface area contributed by atoms with E-state index in [1.807, 2.05) is 5.06 Å². The number of nitrogens with zero attached hydrogens (tertiary/aromatic N) is 1. The summed E-state index contributed by atoms with van der Waals surface area (Å²) in [5.41, 5.74) is 5.49. The third kappa shape index (κ3) is 12.3. The molecule has 18 heavy (non-hydrogen) atoms. The van der Waals surface area contributed by atoms with Gasteiger partial charge in [-0.15, -0.1) is 0 Å². The number of rotatable bonds is 14. The largest absolute Gasteiger partial charge is 0.330 e. The van der Waals surface area contributed by atoms with E-state index in [0.717, 1.165) is 32.7 Å². The molecule has 0 radical (unpaired) electrons. The molecule has 110 valence electrons. The fraction of sp³-hybridized carbons (Fsp3) is 1.00. The molecule has 0 amide bonds. The number of hydrogen-bond donors (Lipinski definition) is 1. The molecule has 3 heteroatoms. The van der Waals surface area contributed by atoms with Gasteiger partial charge in [-0.05, 0) is 19.4 Å². The predicted octanol–water partition coefficient (Wildman–Crippen LogP) is 3.73. The molecular weight excluding hydrogens is 224 g/mol. The predicted molar refractivity (Wildman–Crippen MR) is 79.5 cm³/mol. The van der Waals surface area contributed by atoms with E-state index in [2.05, 4.69) is 13.8 Å². The minimum Gasteiger partial charge on any atom is -0.330 e. The van der Waals surface area contributed by atoms with E-state index < -0.39 is 0 Å². The van der Waals surface area contributed by atoms with Crippen molar-refractivity contribution in [3.05, 3.63) is 0 Å². The molecule has 0 aliphatic carbocycles. The van der Waals surface area contributed by atoms with Crippen molar-refractivity contribution in [3.63, 3.8) is 0 Å². The molecular formula is C15H34N2O. The molecule has 2 N–H and O–H groups in total. The highest BCUT2D eigenvalue weighted by Gasteiger charge is 2.01. The number of nitrogens with two attached hydrogens (primary N) is 1. The average Bonchev–Trinajstić information content (AvgIpc) is 2.40. The number of hydrogen-bond acceptors (Lipinski definition) is 3. The van der Waals surface area contributed by atoms with Crippen molar-refractivity contribution in [1.29, 1.82) is 0 Å². The van der Waals surface area contributed by atoms with Gasteiger partial charge in [0.2, 0.25) is 0 Å². The van der Waals surface area contributed by atoms with Crippen LogP contribution in [0.3, 0.4) is 0 Å². The van der Waals surface area contributed by atoms with Gasteiger partial charge >= 0.3 is 0 Å². The van der Waals surface area contributed by atoms with Crippen molar-refractivity contribution in [2.24, 2.45) is 5.73 Å². The Balaban J connectivity index is 3.17. The lowest BCUT2D eigenvalue weighted by atomic mass is 10.1. The molecule has 0 aromatic rings. The van der Waals surface area contributed by atoms with Gasteiger partial charge in [0.05, 0.1) is 6.61 Å². The molecule has 0 spiro atoms. The maximum atomic E-state index is 5.72. The van der Waals surface area contributed by atoms with Gasteiger partial charge in [-0.3, -0.25) is 4.84 Å². The van der Waals surface area contributed by atoms with E-state index in [4.69, 9.17) is 10.6 Å². The van der Waals surface area contributed by atoms with Crippen molar-refractivity contribution in [3.8, 4) is 0 Å². The summed E-state index contributed by atoms with van der Waals surface area (Å²) in [7, 11) is 0. The summed E-state index contributed by atoms with van der Waals surface area (Å²) >= 11 is 0. The minimum absolute atomic E-state index is 0.748. The van der Waals surface area contributed by atoms with Crippen molar-refractivity contribution in [2.75, 3.05) is 26.2 Å². The van der Waals surface area contributed by atoms with E-state index in [1.165, 1.54) is 51.4 Å². The summed E-state index contributed by atoms with van der Waals surface area (Å²) in [6.45, 7) is 7.93. The maximum absolute atomic E-state index is 5.72. The molecule has 0 saturated carbocycles. The first-order valence-corrected chi connectivity index (χ1v) is 7.93. The van der Waals surface area contributed by atoms with Gasteiger partial charge in [0.25, 0.3) is 0 Å². The smallest absolute Gasteiger partial charge is 0.0685 e. The Morgan fingerprint density at radius 2 is 1.44 bits per heavy atom. The Hall–Kier alpha value is -0.120. The van der Waals surface area contributed by atoms with Crippen LogP contribution in [0.5, 0.6) is 0 Å². The van der Waals surface area contributed by atoms with E-state index in [1.54, 1.807) is 0 Å². The monoisotopic (exact) mass is 258 g/mol. The average molecular weight is 258 g/mol. The van der Waals surface area contributed by atoms with E-state index in [0.29, 0.717) is 0 Å². The quantitative estimate of drug-likeness (QED) is 0.381. The zero-order chi connectivity index (χ0) is 13.5. The maximum Gasteiger partial charge on any atom is 0.0685 e. The van der Waals surface area contributed by atoms with Crippen LogP contribution in [0.1, 0.15) is 71.6 Å². The van der Waals surface area contributed by atoms with Crippen LogP contribution in [0, 0.1) is 0 Å². The zero-order valence-electron chi connectivity index (χ0n) is 12.6. The van der Waals surface area contributed by atoms with Gasteiger partial charge in [-0.2, -0.15) is 5.06 Å². The highest BCUT2D eigenvalue weighted by atomic mass is 16.7. The Kier molecular flexibility index (Phi) is 14.8. The Bertz CT molecular complexity index is 153. The van der Waals surface area contributed by atoms with E-state index in [-0.39, 0.29) is 0 Å². The molecule has 0 atom stereocenters. The molecule has 3 nitrogen and oxygen atoms in total. The second-order valence-corrected chi connectivity index (χ2v) is 4.97. The zero-order valence-corrected chi connectivity index (χ0v) is 12.6. The Labute approximate surface area is 114 Å². The van der Waals surface area contributed by atoms with Crippen LogP contribution >= 0.6 is 0 Å². The molecule has 0 aromatic carbocycles. The first-order chi connectivity index (χ1) is 8.85. The second-order valence-electron chi connectivity index (χ2n) is 4.97. The van der Waals surface area contributed by atoms with Crippen molar-refractivity contribution < 1.29 is 4.84 Å². The van der Waals surface area contributed by atoms with Crippen LogP contribution in [-0.4, -0.2) is 31.3 Å². The fourth-order valence-corrected chi connectivity index (χ4v) is 2.01. The van der Waals surface area contributed by atoms with Crippen molar-refractivity contribution in [2.45, 2.75) is 71.6 Å². The molecule has 0 fully saturated rings. The Morgan fingerprint density at radius 1 is 0.833 bits per heavy atom. The first-order valence-electron chi connectivity index (χ1n) is 7.93. The van der Waals surface area contributed by atoms with Gasteiger partial charge in [0.1, 0.15) is 0 Å². The second kappa shape index (κ2) is 14.9. The summed E-state index contributed by atoms with van der Waals surface area (Å²) in [5.74, 6) is 0. The Morgan fingerprint density at radius 3 is 2.00 bits per heavy atom. The van der Waals surface area contributed by atoms with Gasteiger partial charge in [0, 0.05) is 13.1 Å². The topological polar surface area (TPSA) is 38.5 Å². The summed E-state index contributed by atoms with van der Waals surface area (Å²) in [6.07, 6.45) is 11.8. The highest BCUT2D eigenvalue weighted by molar-refractivity contribution is 4.47. The minimum atomic E-state index is 0.748. The molecule has 0 aromatic heterocycles. The molecule has 0 aliphatic heterocycles. The van der Waals surface area contributed by atoms with E-state index >= 15 is 0 Å². The summed E-state index contributed by atoms with van der Waals surface area (Å²) in [4.78, 5) is 5.72.